The molecule has 2 N–H and O–H groups in total. The average molecular weight is 252 g/mol. The van der Waals surface area contributed by atoms with E-state index in [0.29, 0.717) is 22.8 Å². The fraction of sp³-hybridized carbons (Fsp3) is 0.417. The zero-order valence-electron chi connectivity index (χ0n) is 9.97. The molecule has 0 bridgehead atoms. The summed E-state index contributed by atoms with van der Waals surface area (Å²) in [6.07, 6.45) is 0. The first-order valence-corrected chi connectivity index (χ1v) is 6.73. The molecule has 0 saturated carbocycles. The molecule has 0 amide bonds. The Balaban J connectivity index is 2.88. The van der Waals surface area contributed by atoms with Gasteiger partial charge < -0.3 is 10.5 Å². The van der Waals surface area contributed by atoms with Crippen LogP contribution < -0.4 is 10.5 Å². The van der Waals surface area contributed by atoms with Gasteiger partial charge in [-0.1, -0.05) is 0 Å². The van der Waals surface area contributed by atoms with E-state index in [-0.39, 0.29) is 6.04 Å². The van der Waals surface area contributed by atoms with Crippen LogP contribution in [0.2, 0.25) is 0 Å². The molecule has 17 heavy (non-hydrogen) atoms. The average Bonchev–Trinajstić information content (AvgIpc) is 2.27. The van der Waals surface area contributed by atoms with E-state index in [0.717, 1.165) is 5.56 Å². The summed E-state index contributed by atoms with van der Waals surface area (Å²) in [7, 11) is 0.517. The number of methoxy groups -OCH3 is 1. The second kappa shape index (κ2) is 6.38. The first-order valence-electron chi connectivity index (χ1n) is 5.24. The number of hydrogen-bond donors (Lipinski definition) is 1. The van der Waals surface area contributed by atoms with Crippen LogP contribution in [0.4, 0.5) is 0 Å². The molecule has 4 nitrogen and oxygen atoms in total. The predicted octanol–water partition coefficient (Wildman–Crippen LogP) is 1.16. The molecule has 0 radical (unpaired) electrons. The van der Waals surface area contributed by atoms with Crippen molar-refractivity contribution in [2.24, 2.45) is 5.73 Å². The van der Waals surface area contributed by atoms with Gasteiger partial charge in [-0.15, -0.1) is 0 Å². The number of nitriles is 1. The number of rotatable bonds is 5. The van der Waals surface area contributed by atoms with Crippen molar-refractivity contribution in [1.29, 1.82) is 5.26 Å². The maximum Gasteiger partial charge on any atom is 0.123 e. The third-order valence-electron chi connectivity index (χ3n) is 2.17. The second-order valence-corrected chi connectivity index (χ2v) is 5.37. The van der Waals surface area contributed by atoms with Crippen LogP contribution in [0.1, 0.15) is 18.1 Å². The maximum absolute atomic E-state index is 11.8. The van der Waals surface area contributed by atoms with Gasteiger partial charge in [0.25, 0.3) is 0 Å². The van der Waals surface area contributed by atoms with Crippen LogP contribution in [-0.4, -0.2) is 23.1 Å². The first-order chi connectivity index (χ1) is 8.06. The van der Waals surface area contributed by atoms with Crippen molar-refractivity contribution in [3.63, 3.8) is 0 Å². The van der Waals surface area contributed by atoms with E-state index in [1.807, 2.05) is 6.92 Å². The summed E-state index contributed by atoms with van der Waals surface area (Å²) in [5, 5.41) is 8.82. The van der Waals surface area contributed by atoms with Gasteiger partial charge in [0.1, 0.15) is 5.75 Å². The molecule has 2 atom stereocenters. The summed E-state index contributed by atoms with van der Waals surface area (Å²) < 4.78 is 17.0. The van der Waals surface area contributed by atoms with Crippen LogP contribution in [0.3, 0.4) is 0 Å². The number of nitrogens with zero attached hydrogens (tertiary/aromatic N) is 1. The molecule has 1 rings (SSSR count). The lowest BCUT2D eigenvalue weighted by Gasteiger charge is -2.09. The predicted molar refractivity (Wildman–Crippen MR) is 68.1 cm³/mol. The Kier molecular flexibility index (Phi) is 5.13. The topological polar surface area (TPSA) is 76.1 Å². The molecule has 92 valence electrons. The van der Waals surface area contributed by atoms with Crippen LogP contribution in [0.15, 0.2) is 18.2 Å². The maximum atomic E-state index is 11.8. The number of ether oxygens (including phenoxy) is 1. The molecule has 2 unspecified atom stereocenters. The Labute approximate surface area is 104 Å². The van der Waals surface area contributed by atoms with Crippen molar-refractivity contribution >= 4 is 10.8 Å². The molecule has 0 aromatic heterocycles. The van der Waals surface area contributed by atoms with Gasteiger partial charge in [0.15, 0.2) is 0 Å². The Morgan fingerprint density at radius 3 is 2.82 bits per heavy atom. The molecule has 5 heteroatoms. The molecule has 0 aliphatic heterocycles. The molecular formula is C12H16N2O2S. The van der Waals surface area contributed by atoms with Crippen LogP contribution in [0.5, 0.6) is 5.75 Å². The molecule has 1 aromatic rings. The fourth-order valence-electron chi connectivity index (χ4n) is 1.49. The van der Waals surface area contributed by atoms with Crippen LogP contribution >= 0.6 is 0 Å². The Hall–Kier alpha value is -1.38. The molecule has 0 aliphatic rings. The van der Waals surface area contributed by atoms with E-state index < -0.39 is 10.8 Å². The number of hydrogen-bond acceptors (Lipinski definition) is 4. The largest absolute Gasteiger partial charge is 0.496 e. The minimum absolute atomic E-state index is 0.0963. The van der Waals surface area contributed by atoms with Gasteiger partial charge in [-0.25, -0.2) is 0 Å². The SMILES string of the molecule is COc1ccc(C#N)cc1CS(=O)CC(C)N. The highest BCUT2D eigenvalue weighted by molar-refractivity contribution is 7.84. The molecule has 0 saturated heterocycles. The van der Waals surface area contributed by atoms with Gasteiger partial charge in [-0.3, -0.25) is 4.21 Å². The van der Waals surface area contributed by atoms with E-state index in [4.69, 9.17) is 15.7 Å². The smallest absolute Gasteiger partial charge is 0.123 e. The highest BCUT2D eigenvalue weighted by atomic mass is 32.2. The summed E-state index contributed by atoms with van der Waals surface area (Å²) in [4.78, 5) is 0. The summed E-state index contributed by atoms with van der Waals surface area (Å²) in [6, 6.07) is 7.06. The van der Waals surface area contributed by atoms with Gasteiger partial charge >= 0.3 is 0 Å². The molecule has 0 spiro atoms. The lowest BCUT2D eigenvalue weighted by molar-refractivity contribution is 0.411. The Bertz CT molecular complexity index is 452. The van der Waals surface area contributed by atoms with Gasteiger partial charge in [-0.05, 0) is 25.1 Å². The van der Waals surface area contributed by atoms with Crippen LogP contribution in [0.25, 0.3) is 0 Å². The van der Waals surface area contributed by atoms with Crippen molar-refractivity contribution in [2.75, 3.05) is 12.9 Å². The monoisotopic (exact) mass is 252 g/mol. The van der Waals surface area contributed by atoms with Crippen molar-refractivity contribution in [3.8, 4) is 11.8 Å². The van der Waals surface area contributed by atoms with Gasteiger partial charge in [0, 0.05) is 28.2 Å². The fourth-order valence-corrected chi connectivity index (χ4v) is 2.76. The summed E-state index contributed by atoms with van der Waals surface area (Å²) in [5.41, 5.74) is 6.92. The summed E-state index contributed by atoms with van der Waals surface area (Å²) >= 11 is 0. The van der Waals surface area contributed by atoms with Gasteiger partial charge in [0.2, 0.25) is 0 Å². The Morgan fingerprint density at radius 2 is 2.29 bits per heavy atom. The van der Waals surface area contributed by atoms with Gasteiger partial charge in [0.05, 0.1) is 24.5 Å². The minimum atomic E-state index is -1.04. The van der Waals surface area contributed by atoms with Crippen LogP contribution in [-0.2, 0) is 16.6 Å². The highest BCUT2D eigenvalue weighted by Crippen LogP contribution is 2.21. The lowest BCUT2D eigenvalue weighted by Crippen LogP contribution is -2.23. The quantitative estimate of drug-likeness (QED) is 0.853. The highest BCUT2D eigenvalue weighted by Gasteiger charge is 2.10. The lowest BCUT2D eigenvalue weighted by atomic mass is 10.1. The third-order valence-corrected chi connectivity index (χ3v) is 3.71. The standard InChI is InChI=1S/C12H16N2O2S/c1-9(14)7-17(15)8-11-5-10(6-13)3-4-12(11)16-2/h3-5,9H,7-8,14H2,1-2H3. The molecule has 1 aromatic carbocycles. The van der Waals surface area contributed by atoms with Crippen molar-refractivity contribution in [3.05, 3.63) is 29.3 Å². The third kappa shape index (κ3) is 4.17. The van der Waals surface area contributed by atoms with Crippen LogP contribution in [0, 0.1) is 11.3 Å². The van der Waals surface area contributed by atoms with Gasteiger partial charge in [-0.2, -0.15) is 5.26 Å². The van der Waals surface area contributed by atoms with E-state index in [9.17, 15) is 4.21 Å². The molecule has 0 fully saturated rings. The number of benzene rings is 1. The van der Waals surface area contributed by atoms with E-state index in [1.54, 1.807) is 25.3 Å². The van der Waals surface area contributed by atoms with Crippen molar-refractivity contribution in [2.45, 2.75) is 18.7 Å². The summed E-state index contributed by atoms with van der Waals surface area (Å²) in [6.45, 7) is 1.82. The molecule has 0 aliphatic carbocycles. The van der Waals surface area contributed by atoms with Crippen molar-refractivity contribution in [1.82, 2.24) is 0 Å². The van der Waals surface area contributed by atoms with E-state index in [2.05, 4.69) is 6.07 Å². The Morgan fingerprint density at radius 1 is 1.59 bits per heavy atom. The molecule has 0 heterocycles. The summed E-state index contributed by atoms with van der Waals surface area (Å²) in [5.74, 6) is 1.46. The first kappa shape index (κ1) is 13.7. The normalized spacial score (nSPS) is 13.8. The minimum Gasteiger partial charge on any atom is -0.496 e. The van der Waals surface area contributed by atoms with E-state index in [1.165, 1.54) is 0 Å². The zero-order chi connectivity index (χ0) is 12.8. The number of nitrogens with two attached hydrogens (primary N) is 1. The molecular weight excluding hydrogens is 236 g/mol. The van der Waals surface area contributed by atoms with E-state index >= 15 is 0 Å². The zero-order valence-corrected chi connectivity index (χ0v) is 10.8. The second-order valence-electron chi connectivity index (χ2n) is 3.87. The van der Waals surface area contributed by atoms with Crippen molar-refractivity contribution < 1.29 is 8.95 Å².